The van der Waals surface area contributed by atoms with E-state index in [1.165, 1.54) is 24.3 Å². The Morgan fingerprint density at radius 1 is 1.11 bits per heavy atom. The molecule has 0 aliphatic heterocycles. The highest BCUT2D eigenvalue weighted by Crippen LogP contribution is 2.36. The lowest BCUT2D eigenvalue weighted by Crippen LogP contribution is -2.20. The number of aromatic amines is 1. The van der Waals surface area contributed by atoms with Crippen LogP contribution < -0.4 is 10.9 Å². The predicted octanol–water partition coefficient (Wildman–Crippen LogP) is 3.37. The van der Waals surface area contributed by atoms with E-state index in [1.807, 2.05) is 0 Å². The second-order valence-electron chi connectivity index (χ2n) is 6.40. The molecule has 1 heterocycles. The van der Waals surface area contributed by atoms with E-state index in [-0.39, 0.29) is 30.8 Å². The molecule has 3 aromatic rings. The zero-order valence-corrected chi connectivity index (χ0v) is 14.8. The second kappa shape index (κ2) is 8.04. The summed E-state index contributed by atoms with van der Waals surface area (Å²) < 4.78 is 39.8. The SMILES string of the molecule is O=c1[nH]c(-c2ccccc2C(F)(F)F)cc2ccc(NC[C@H](O)CCO)cc12. The first-order chi connectivity index (χ1) is 13.3. The zero-order chi connectivity index (χ0) is 20.3. The van der Waals surface area contributed by atoms with Gasteiger partial charge < -0.3 is 20.5 Å². The van der Waals surface area contributed by atoms with Crippen molar-refractivity contribution in [1.29, 1.82) is 0 Å². The first-order valence-electron chi connectivity index (χ1n) is 8.66. The minimum atomic E-state index is -4.54. The van der Waals surface area contributed by atoms with Crippen molar-refractivity contribution in [3.05, 3.63) is 64.4 Å². The molecule has 28 heavy (non-hydrogen) atoms. The Bertz CT molecular complexity index is 1030. The number of pyridine rings is 1. The molecule has 0 spiro atoms. The van der Waals surface area contributed by atoms with E-state index in [4.69, 9.17) is 5.11 Å². The fraction of sp³-hybridized carbons (Fsp3) is 0.250. The number of benzene rings is 2. The molecule has 0 bridgehead atoms. The number of halogens is 3. The topological polar surface area (TPSA) is 85.4 Å². The summed E-state index contributed by atoms with van der Waals surface area (Å²) in [5.41, 5.74) is -0.753. The third kappa shape index (κ3) is 4.35. The quantitative estimate of drug-likeness (QED) is 0.518. The molecular formula is C20H19F3N2O3. The van der Waals surface area contributed by atoms with Gasteiger partial charge in [-0.15, -0.1) is 0 Å². The van der Waals surface area contributed by atoms with E-state index in [9.17, 15) is 23.1 Å². The lowest BCUT2D eigenvalue weighted by molar-refractivity contribution is -0.137. The molecule has 0 saturated carbocycles. The Hall–Kier alpha value is -2.84. The number of aliphatic hydroxyl groups excluding tert-OH is 2. The van der Waals surface area contributed by atoms with Crippen molar-refractivity contribution in [1.82, 2.24) is 4.98 Å². The average Bonchev–Trinajstić information content (AvgIpc) is 2.66. The van der Waals surface area contributed by atoms with Gasteiger partial charge in [0, 0.05) is 35.5 Å². The zero-order valence-electron chi connectivity index (χ0n) is 14.8. The van der Waals surface area contributed by atoms with Gasteiger partial charge in [0.15, 0.2) is 0 Å². The van der Waals surface area contributed by atoms with Crippen molar-refractivity contribution in [3.63, 3.8) is 0 Å². The Morgan fingerprint density at radius 3 is 2.57 bits per heavy atom. The minimum Gasteiger partial charge on any atom is -0.396 e. The lowest BCUT2D eigenvalue weighted by atomic mass is 10.0. The summed E-state index contributed by atoms with van der Waals surface area (Å²) >= 11 is 0. The molecule has 5 nitrogen and oxygen atoms in total. The Morgan fingerprint density at radius 2 is 1.86 bits per heavy atom. The van der Waals surface area contributed by atoms with E-state index >= 15 is 0 Å². The van der Waals surface area contributed by atoms with E-state index in [0.29, 0.717) is 16.5 Å². The van der Waals surface area contributed by atoms with Crippen LogP contribution in [-0.2, 0) is 6.18 Å². The van der Waals surface area contributed by atoms with Crippen LogP contribution in [0.3, 0.4) is 0 Å². The van der Waals surface area contributed by atoms with E-state index < -0.39 is 23.4 Å². The number of rotatable bonds is 6. The van der Waals surface area contributed by atoms with Gasteiger partial charge in [-0.05, 0) is 36.1 Å². The van der Waals surface area contributed by atoms with Gasteiger partial charge in [-0.2, -0.15) is 13.2 Å². The number of anilines is 1. The number of nitrogens with one attached hydrogen (secondary N) is 2. The van der Waals surface area contributed by atoms with Gasteiger partial charge in [0.05, 0.1) is 11.7 Å². The van der Waals surface area contributed by atoms with Gasteiger partial charge in [-0.1, -0.05) is 24.3 Å². The van der Waals surface area contributed by atoms with E-state index in [1.54, 1.807) is 18.2 Å². The summed E-state index contributed by atoms with van der Waals surface area (Å²) in [4.78, 5) is 15.0. The summed E-state index contributed by atoms with van der Waals surface area (Å²) in [6, 6.07) is 11.5. The van der Waals surface area contributed by atoms with Crippen LogP contribution in [0.25, 0.3) is 22.0 Å². The average molecular weight is 392 g/mol. The van der Waals surface area contributed by atoms with Crippen LogP contribution >= 0.6 is 0 Å². The highest BCUT2D eigenvalue weighted by Gasteiger charge is 2.33. The molecule has 8 heteroatoms. The number of aromatic nitrogens is 1. The molecule has 0 aliphatic rings. The number of fused-ring (bicyclic) bond motifs is 1. The summed E-state index contributed by atoms with van der Waals surface area (Å²) in [7, 11) is 0. The third-order valence-electron chi connectivity index (χ3n) is 4.37. The fourth-order valence-electron chi connectivity index (χ4n) is 2.97. The van der Waals surface area contributed by atoms with Crippen LogP contribution in [0, 0.1) is 0 Å². The summed E-state index contributed by atoms with van der Waals surface area (Å²) in [5, 5.41) is 22.2. The van der Waals surface area contributed by atoms with Crippen LogP contribution in [0.4, 0.5) is 18.9 Å². The largest absolute Gasteiger partial charge is 0.417 e. The molecule has 148 valence electrons. The van der Waals surface area contributed by atoms with Crippen molar-refractivity contribution >= 4 is 16.5 Å². The number of alkyl halides is 3. The normalized spacial score (nSPS) is 12.9. The molecule has 0 saturated heterocycles. The summed E-state index contributed by atoms with van der Waals surface area (Å²) in [5.74, 6) is 0. The summed E-state index contributed by atoms with van der Waals surface area (Å²) in [6.45, 7) is 0.0590. The van der Waals surface area contributed by atoms with Gasteiger partial charge >= 0.3 is 6.18 Å². The Balaban J connectivity index is 1.97. The maximum absolute atomic E-state index is 13.3. The van der Waals surface area contributed by atoms with Gasteiger partial charge in [0.2, 0.25) is 0 Å². The van der Waals surface area contributed by atoms with Crippen molar-refractivity contribution in [2.75, 3.05) is 18.5 Å². The van der Waals surface area contributed by atoms with Crippen molar-refractivity contribution in [2.24, 2.45) is 0 Å². The molecule has 4 N–H and O–H groups in total. The Labute approximate surface area is 158 Å². The van der Waals surface area contributed by atoms with Crippen LogP contribution in [-0.4, -0.2) is 34.5 Å². The van der Waals surface area contributed by atoms with Gasteiger partial charge in [0.1, 0.15) is 0 Å². The molecule has 1 aromatic heterocycles. The fourth-order valence-corrected chi connectivity index (χ4v) is 2.97. The molecule has 0 fully saturated rings. The lowest BCUT2D eigenvalue weighted by Gasteiger charge is -2.14. The van der Waals surface area contributed by atoms with Crippen molar-refractivity contribution in [2.45, 2.75) is 18.7 Å². The van der Waals surface area contributed by atoms with Crippen LogP contribution in [0.5, 0.6) is 0 Å². The van der Waals surface area contributed by atoms with Gasteiger partial charge in [-0.25, -0.2) is 0 Å². The third-order valence-corrected chi connectivity index (χ3v) is 4.37. The molecule has 0 radical (unpaired) electrons. The second-order valence-corrected chi connectivity index (χ2v) is 6.40. The number of hydrogen-bond donors (Lipinski definition) is 4. The van der Waals surface area contributed by atoms with Crippen LogP contribution in [0.15, 0.2) is 53.3 Å². The highest BCUT2D eigenvalue weighted by atomic mass is 19.4. The number of aliphatic hydroxyl groups is 2. The highest BCUT2D eigenvalue weighted by molar-refractivity contribution is 5.88. The monoisotopic (exact) mass is 392 g/mol. The molecule has 1 atom stereocenters. The molecule has 0 amide bonds. The first-order valence-corrected chi connectivity index (χ1v) is 8.66. The van der Waals surface area contributed by atoms with E-state index in [0.717, 1.165) is 6.07 Å². The number of hydrogen-bond acceptors (Lipinski definition) is 4. The maximum atomic E-state index is 13.3. The molecule has 0 unspecified atom stereocenters. The standard InChI is InChI=1S/C20H19F3N2O3/c21-20(22,23)17-4-2-1-3-15(17)18-9-12-5-6-13(10-16(12)19(28)25-18)24-11-14(27)7-8-26/h1-6,9-10,14,24,26-27H,7-8,11H2,(H,25,28)/t14-/m1/s1. The maximum Gasteiger partial charge on any atom is 0.417 e. The van der Waals surface area contributed by atoms with Crippen LogP contribution in [0.1, 0.15) is 12.0 Å². The number of H-pyrrole nitrogens is 1. The molecule has 2 aromatic carbocycles. The first kappa shape index (κ1) is 19.9. The Kier molecular flexibility index (Phi) is 5.71. The van der Waals surface area contributed by atoms with Gasteiger partial charge in [0.25, 0.3) is 5.56 Å². The molecular weight excluding hydrogens is 373 g/mol. The van der Waals surface area contributed by atoms with Crippen molar-refractivity contribution in [3.8, 4) is 11.3 Å². The minimum absolute atomic E-state index is 0.0875. The van der Waals surface area contributed by atoms with E-state index in [2.05, 4.69) is 10.3 Å². The van der Waals surface area contributed by atoms with Gasteiger partial charge in [-0.3, -0.25) is 4.79 Å². The van der Waals surface area contributed by atoms with Crippen molar-refractivity contribution < 1.29 is 23.4 Å². The van der Waals surface area contributed by atoms with Crippen LogP contribution in [0.2, 0.25) is 0 Å². The molecule has 0 aliphatic carbocycles. The summed E-state index contributed by atoms with van der Waals surface area (Å²) in [6.07, 6.45) is -5.05. The predicted molar refractivity (Wildman–Crippen MR) is 101 cm³/mol. The molecule has 3 rings (SSSR count). The smallest absolute Gasteiger partial charge is 0.396 e.